The molecule has 2 heterocycles. The van der Waals surface area contributed by atoms with Gasteiger partial charge in [0.2, 0.25) is 0 Å². The predicted molar refractivity (Wildman–Crippen MR) is 122 cm³/mol. The summed E-state index contributed by atoms with van der Waals surface area (Å²) in [7, 11) is 3.28. The number of aromatic nitrogens is 1. The lowest BCUT2D eigenvalue weighted by atomic mass is 10.0. The molecule has 0 spiro atoms. The molecule has 1 fully saturated rings. The van der Waals surface area contributed by atoms with E-state index in [1.807, 2.05) is 48.7 Å². The molecule has 31 heavy (non-hydrogen) atoms. The van der Waals surface area contributed by atoms with Gasteiger partial charge in [-0.05, 0) is 42.7 Å². The molecule has 7 heteroatoms. The number of amides is 2. The molecular formula is C24H28N4O3. The second kappa shape index (κ2) is 9.66. The van der Waals surface area contributed by atoms with Gasteiger partial charge in [0, 0.05) is 49.0 Å². The number of nitrogens with zero attached hydrogens (tertiary/aromatic N) is 2. The number of para-hydroxylation sites is 1. The Hall–Kier alpha value is -3.32. The molecule has 1 aromatic heterocycles. The summed E-state index contributed by atoms with van der Waals surface area (Å²) in [4.78, 5) is 19.2. The molecule has 0 atom stereocenters. The Morgan fingerprint density at radius 3 is 2.48 bits per heavy atom. The number of ether oxygens (including phenoxy) is 2. The molecule has 2 N–H and O–H groups in total. The molecular weight excluding hydrogens is 392 g/mol. The first kappa shape index (κ1) is 20.9. The smallest absolute Gasteiger partial charge is 0.319 e. The number of nitrogens with one attached hydrogen (secondary N) is 2. The highest BCUT2D eigenvalue weighted by Crippen LogP contribution is 2.33. The van der Waals surface area contributed by atoms with Crippen LogP contribution in [0.15, 0.2) is 54.7 Å². The summed E-state index contributed by atoms with van der Waals surface area (Å²) < 4.78 is 10.9. The number of methoxy groups -OCH3 is 2. The molecule has 1 aliphatic rings. The Labute approximate surface area is 182 Å². The fourth-order valence-corrected chi connectivity index (χ4v) is 4.02. The number of carbonyl (C=O) groups excluding carboxylic acids is 1. The zero-order chi connectivity index (χ0) is 21.6. The van der Waals surface area contributed by atoms with Gasteiger partial charge in [0.1, 0.15) is 0 Å². The fourth-order valence-electron chi connectivity index (χ4n) is 4.02. The van der Waals surface area contributed by atoms with Gasteiger partial charge in [-0.3, -0.25) is 9.88 Å². The molecule has 0 saturated carbocycles. The van der Waals surface area contributed by atoms with Crippen molar-refractivity contribution in [1.82, 2.24) is 15.2 Å². The first-order valence-corrected chi connectivity index (χ1v) is 10.5. The van der Waals surface area contributed by atoms with E-state index in [1.54, 1.807) is 14.2 Å². The zero-order valence-corrected chi connectivity index (χ0v) is 17.9. The van der Waals surface area contributed by atoms with Crippen molar-refractivity contribution in [3.63, 3.8) is 0 Å². The summed E-state index contributed by atoms with van der Waals surface area (Å²) in [6, 6.07) is 15.5. The number of benzene rings is 2. The van der Waals surface area contributed by atoms with Crippen molar-refractivity contribution in [1.29, 1.82) is 0 Å². The number of hydrogen-bond donors (Lipinski definition) is 2. The molecule has 162 valence electrons. The minimum Gasteiger partial charge on any atom is -0.493 e. The second-order valence-corrected chi connectivity index (χ2v) is 7.71. The van der Waals surface area contributed by atoms with Crippen LogP contribution in [0.5, 0.6) is 11.5 Å². The summed E-state index contributed by atoms with van der Waals surface area (Å²) in [5.41, 5.74) is 2.90. The Morgan fingerprint density at radius 1 is 1.06 bits per heavy atom. The van der Waals surface area contributed by atoms with Crippen LogP contribution >= 0.6 is 0 Å². The third-order valence-electron chi connectivity index (χ3n) is 5.69. The highest BCUT2D eigenvalue weighted by molar-refractivity contribution is 5.89. The topological polar surface area (TPSA) is 75.7 Å². The fraction of sp³-hybridized carbons (Fsp3) is 0.333. The van der Waals surface area contributed by atoms with Gasteiger partial charge < -0.3 is 20.1 Å². The predicted octanol–water partition coefficient (Wildman–Crippen LogP) is 4.04. The number of anilines is 1. The Kier molecular flexibility index (Phi) is 6.52. The van der Waals surface area contributed by atoms with E-state index in [1.165, 1.54) is 5.56 Å². The van der Waals surface area contributed by atoms with E-state index in [-0.39, 0.29) is 12.1 Å². The van der Waals surface area contributed by atoms with Gasteiger partial charge in [0.15, 0.2) is 11.5 Å². The van der Waals surface area contributed by atoms with Crippen LogP contribution in [0.4, 0.5) is 10.5 Å². The van der Waals surface area contributed by atoms with Crippen molar-refractivity contribution < 1.29 is 14.3 Å². The first-order chi connectivity index (χ1) is 15.2. The average molecular weight is 421 g/mol. The number of fused-ring (bicyclic) bond motifs is 1. The van der Waals surface area contributed by atoms with Crippen molar-refractivity contribution in [3.8, 4) is 11.5 Å². The monoisotopic (exact) mass is 420 g/mol. The van der Waals surface area contributed by atoms with Gasteiger partial charge in [-0.15, -0.1) is 0 Å². The van der Waals surface area contributed by atoms with Gasteiger partial charge in [-0.25, -0.2) is 4.79 Å². The van der Waals surface area contributed by atoms with Crippen LogP contribution in [-0.4, -0.2) is 49.3 Å². The van der Waals surface area contributed by atoms with Gasteiger partial charge in [0.05, 0.1) is 19.7 Å². The average Bonchev–Trinajstić information content (AvgIpc) is 2.80. The molecule has 2 aromatic carbocycles. The van der Waals surface area contributed by atoms with Crippen molar-refractivity contribution >= 4 is 22.6 Å². The lowest BCUT2D eigenvalue weighted by Gasteiger charge is -2.32. The van der Waals surface area contributed by atoms with Crippen molar-refractivity contribution in [3.05, 3.63) is 60.3 Å². The van der Waals surface area contributed by atoms with Gasteiger partial charge >= 0.3 is 6.03 Å². The van der Waals surface area contributed by atoms with Crippen molar-refractivity contribution in [2.24, 2.45) is 0 Å². The lowest BCUT2D eigenvalue weighted by Crippen LogP contribution is -2.45. The number of rotatable bonds is 6. The molecule has 2 amide bonds. The number of likely N-dealkylation sites (tertiary alicyclic amines) is 1. The van der Waals surface area contributed by atoms with Crippen LogP contribution < -0.4 is 20.1 Å². The molecule has 0 aliphatic carbocycles. The van der Waals surface area contributed by atoms with Gasteiger partial charge in [-0.2, -0.15) is 0 Å². The maximum Gasteiger partial charge on any atom is 0.319 e. The summed E-state index contributed by atoms with van der Waals surface area (Å²) in [6.45, 7) is 2.68. The minimum absolute atomic E-state index is 0.147. The quantitative estimate of drug-likeness (QED) is 0.630. The SMILES string of the molecule is COc1cc2nccc(CN3CCC(NC(=O)Nc4ccccc4)CC3)c2cc1OC. The molecule has 0 unspecified atom stereocenters. The molecule has 7 nitrogen and oxygen atoms in total. The third-order valence-corrected chi connectivity index (χ3v) is 5.69. The number of piperidine rings is 1. The number of pyridine rings is 1. The molecule has 0 radical (unpaired) electrons. The van der Waals surface area contributed by atoms with Gasteiger partial charge in [-0.1, -0.05) is 18.2 Å². The second-order valence-electron chi connectivity index (χ2n) is 7.71. The van der Waals surface area contributed by atoms with Crippen LogP contribution in [-0.2, 0) is 6.54 Å². The minimum atomic E-state index is -0.147. The van der Waals surface area contributed by atoms with Gasteiger partial charge in [0.25, 0.3) is 0 Å². The third kappa shape index (κ3) is 5.06. The van der Waals surface area contributed by atoms with E-state index in [2.05, 4.69) is 26.6 Å². The summed E-state index contributed by atoms with van der Waals surface area (Å²) in [6.07, 6.45) is 3.68. The zero-order valence-electron chi connectivity index (χ0n) is 17.9. The summed E-state index contributed by atoms with van der Waals surface area (Å²) in [5, 5.41) is 7.05. The van der Waals surface area contributed by atoms with E-state index in [9.17, 15) is 4.79 Å². The van der Waals surface area contributed by atoms with Crippen LogP contribution in [0.1, 0.15) is 18.4 Å². The Balaban J connectivity index is 1.35. The number of carbonyl (C=O) groups is 1. The lowest BCUT2D eigenvalue weighted by molar-refractivity contribution is 0.190. The maximum atomic E-state index is 12.2. The van der Waals surface area contributed by atoms with E-state index in [0.717, 1.165) is 49.1 Å². The number of urea groups is 1. The van der Waals surface area contributed by atoms with Crippen LogP contribution in [0.3, 0.4) is 0 Å². The Morgan fingerprint density at radius 2 is 1.77 bits per heavy atom. The number of hydrogen-bond acceptors (Lipinski definition) is 5. The van der Waals surface area contributed by atoms with Crippen LogP contribution in [0.2, 0.25) is 0 Å². The molecule has 4 rings (SSSR count). The van der Waals surface area contributed by atoms with E-state index in [4.69, 9.17) is 9.47 Å². The van der Waals surface area contributed by atoms with Crippen molar-refractivity contribution in [2.75, 3.05) is 32.6 Å². The first-order valence-electron chi connectivity index (χ1n) is 10.5. The van der Waals surface area contributed by atoms with E-state index < -0.39 is 0 Å². The van der Waals surface area contributed by atoms with Crippen molar-refractivity contribution in [2.45, 2.75) is 25.4 Å². The molecule has 1 aliphatic heterocycles. The highest BCUT2D eigenvalue weighted by Gasteiger charge is 2.21. The van der Waals surface area contributed by atoms with Crippen LogP contribution in [0, 0.1) is 0 Å². The van der Waals surface area contributed by atoms with E-state index in [0.29, 0.717) is 11.5 Å². The highest BCUT2D eigenvalue weighted by atomic mass is 16.5. The van der Waals surface area contributed by atoms with Crippen LogP contribution in [0.25, 0.3) is 10.9 Å². The standard InChI is InChI=1S/C24H28N4O3/c1-30-22-14-20-17(8-11-25-21(20)15-23(22)31-2)16-28-12-9-19(10-13-28)27-24(29)26-18-6-4-3-5-7-18/h3-8,11,14-15,19H,9-10,12-13,16H2,1-2H3,(H2,26,27,29). The molecule has 3 aromatic rings. The summed E-state index contributed by atoms with van der Waals surface area (Å²) in [5.74, 6) is 1.39. The molecule has 0 bridgehead atoms. The largest absolute Gasteiger partial charge is 0.493 e. The molecule has 1 saturated heterocycles. The summed E-state index contributed by atoms with van der Waals surface area (Å²) >= 11 is 0. The Bertz CT molecular complexity index is 1030. The maximum absolute atomic E-state index is 12.2. The van der Waals surface area contributed by atoms with E-state index >= 15 is 0 Å². The normalized spacial score (nSPS) is 14.9.